The molecule has 7 heteroatoms. The standard InChI is InChI=1S/C11H16N2O4S/c1-13(18(2,16)17)9-5-3-8(4-6-9)10(7-12)11(14)15/h3-6,10H,7,12H2,1-2H3,(H,14,15). The number of anilines is 1. The Bertz CT molecular complexity index is 524. The Morgan fingerprint density at radius 1 is 1.39 bits per heavy atom. The zero-order chi connectivity index (χ0) is 13.9. The Labute approximate surface area is 106 Å². The zero-order valence-corrected chi connectivity index (χ0v) is 11.0. The van der Waals surface area contributed by atoms with Crippen LogP contribution < -0.4 is 10.0 Å². The molecule has 0 aliphatic rings. The first kappa shape index (κ1) is 14.5. The lowest BCUT2D eigenvalue weighted by Crippen LogP contribution is -2.25. The van der Waals surface area contributed by atoms with Gasteiger partial charge in [-0.05, 0) is 17.7 Å². The molecule has 100 valence electrons. The van der Waals surface area contributed by atoms with Crippen LogP contribution in [-0.4, -0.2) is 39.3 Å². The first-order valence-electron chi connectivity index (χ1n) is 5.24. The number of carboxylic acids is 1. The van der Waals surface area contributed by atoms with Crippen molar-refractivity contribution >= 4 is 21.7 Å². The first-order valence-corrected chi connectivity index (χ1v) is 7.09. The molecule has 1 aromatic rings. The van der Waals surface area contributed by atoms with E-state index in [2.05, 4.69) is 0 Å². The molecule has 1 unspecified atom stereocenters. The summed E-state index contributed by atoms with van der Waals surface area (Å²) in [4.78, 5) is 10.9. The molecule has 1 atom stereocenters. The number of hydrogen-bond acceptors (Lipinski definition) is 4. The minimum absolute atomic E-state index is 0.00338. The molecule has 0 fully saturated rings. The van der Waals surface area contributed by atoms with Gasteiger partial charge in [0.25, 0.3) is 0 Å². The third-order valence-corrected chi connectivity index (χ3v) is 3.90. The van der Waals surface area contributed by atoms with Crippen molar-refractivity contribution in [3.8, 4) is 0 Å². The van der Waals surface area contributed by atoms with Crippen LogP contribution in [0.15, 0.2) is 24.3 Å². The molecule has 0 aliphatic heterocycles. The van der Waals surface area contributed by atoms with Crippen molar-refractivity contribution in [2.24, 2.45) is 5.73 Å². The quantitative estimate of drug-likeness (QED) is 0.798. The van der Waals surface area contributed by atoms with Crippen LogP contribution in [0.5, 0.6) is 0 Å². The second-order valence-corrected chi connectivity index (χ2v) is 5.96. The fourth-order valence-corrected chi connectivity index (χ4v) is 1.99. The van der Waals surface area contributed by atoms with Gasteiger partial charge in [0, 0.05) is 13.6 Å². The van der Waals surface area contributed by atoms with Crippen molar-refractivity contribution in [2.45, 2.75) is 5.92 Å². The van der Waals surface area contributed by atoms with E-state index < -0.39 is 21.9 Å². The summed E-state index contributed by atoms with van der Waals surface area (Å²) in [5.41, 5.74) is 6.41. The average Bonchev–Trinajstić information content (AvgIpc) is 2.28. The first-order chi connectivity index (χ1) is 8.27. The highest BCUT2D eigenvalue weighted by Crippen LogP contribution is 2.21. The summed E-state index contributed by atoms with van der Waals surface area (Å²) in [7, 11) is -1.89. The largest absolute Gasteiger partial charge is 0.481 e. The van der Waals surface area contributed by atoms with Gasteiger partial charge < -0.3 is 10.8 Å². The fourth-order valence-electron chi connectivity index (χ4n) is 1.49. The van der Waals surface area contributed by atoms with Crippen LogP contribution >= 0.6 is 0 Å². The molecule has 0 radical (unpaired) electrons. The van der Waals surface area contributed by atoms with Crippen LogP contribution in [0, 0.1) is 0 Å². The topological polar surface area (TPSA) is 101 Å². The van der Waals surface area contributed by atoms with Gasteiger partial charge in [-0.1, -0.05) is 12.1 Å². The Kier molecular flexibility index (Phi) is 4.31. The van der Waals surface area contributed by atoms with Crippen molar-refractivity contribution in [1.82, 2.24) is 0 Å². The highest BCUT2D eigenvalue weighted by atomic mass is 32.2. The van der Waals surface area contributed by atoms with Gasteiger partial charge in [-0.15, -0.1) is 0 Å². The van der Waals surface area contributed by atoms with E-state index in [4.69, 9.17) is 10.8 Å². The van der Waals surface area contributed by atoms with E-state index in [1.807, 2.05) is 0 Å². The van der Waals surface area contributed by atoms with Crippen molar-refractivity contribution in [3.63, 3.8) is 0 Å². The van der Waals surface area contributed by atoms with Crippen molar-refractivity contribution in [1.29, 1.82) is 0 Å². The molecule has 18 heavy (non-hydrogen) atoms. The molecule has 0 amide bonds. The number of rotatable bonds is 5. The molecule has 3 N–H and O–H groups in total. The van der Waals surface area contributed by atoms with Gasteiger partial charge in [-0.25, -0.2) is 8.42 Å². The summed E-state index contributed by atoms with van der Waals surface area (Å²) >= 11 is 0. The lowest BCUT2D eigenvalue weighted by Gasteiger charge is -2.17. The zero-order valence-electron chi connectivity index (χ0n) is 10.2. The molecule has 1 aromatic carbocycles. The molecule has 0 heterocycles. The summed E-state index contributed by atoms with van der Waals surface area (Å²) in [5.74, 6) is -1.77. The number of hydrogen-bond donors (Lipinski definition) is 2. The van der Waals surface area contributed by atoms with Gasteiger partial charge in [-0.2, -0.15) is 0 Å². The van der Waals surface area contributed by atoms with Crippen LogP contribution in [0.2, 0.25) is 0 Å². The van der Waals surface area contributed by atoms with Gasteiger partial charge in [0.1, 0.15) is 0 Å². The Balaban J connectivity index is 3.03. The maximum atomic E-state index is 11.3. The lowest BCUT2D eigenvalue weighted by molar-refractivity contribution is -0.138. The maximum absolute atomic E-state index is 11.3. The number of nitrogens with two attached hydrogens (primary N) is 1. The van der Waals surface area contributed by atoms with Crippen LogP contribution in [0.3, 0.4) is 0 Å². The molecule has 0 bridgehead atoms. The molecule has 0 saturated carbocycles. The molecule has 6 nitrogen and oxygen atoms in total. The molecule has 0 spiro atoms. The Morgan fingerprint density at radius 2 is 1.89 bits per heavy atom. The summed E-state index contributed by atoms with van der Waals surface area (Å²) in [5, 5.41) is 8.95. The van der Waals surface area contributed by atoms with Crippen molar-refractivity contribution in [2.75, 3.05) is 24.2 Å². The number of carboxylic acid groups (broad SMARTS) is 1. The smallest absolute Gasteiger partial charge is 0.312 e. The second-order valence-electron chi connectivity index (χ2n) is 3.95. The summed E-state index contributed by atoms with van der Waals surface area (Å²) in [6.45, 7) is -0.00338. The normalized spacial score (nSPS) is 13.1. The minimum atomic E-state index is -3.32. The van der Waals surface area contributed by atoms with E-state index in [0.29, 0.717) is 11.3 Å². The number of carbonyl (C=O) groups is 1. The number of benzene rings is 1. The van der Waals surface area contributed by atoms with Gasteiger partial charge in [0.05, 0.1) is 17.9 Å². The highest BCUT2D eigenvalue weighted by Gasteiger charge is 2.18. The molecule has 0 aromatic heterocycles. The SMILES string of the molecule is CN(c1ccc(C(CN)C(=O)O)cc1)S(C)(=O)=O. The number of nitrogens with zero attached hydrogens (tertiary/aromatic N) is 1. The van der Waals surface area contributed by atoms with E-state index in [1.54, 1.807) is 24.3 Å². The maximum Gasteiger partial charge on any atom is 0.312 e. The number of aliphatic carboxylic acids is 1. The van der Waals surface area contributed by atoms with Crippen molar-refractivity contribution in [3.05, 3.63) is 29.8 Å². The number of sulfonamides is 1. The minimum Gasteiger partial charge on any atom is -0.481 e. The van der Waals surface area contributed by atoms with Gasteiger partial charge >= 0.3 is 5.97 Å². The monoisotopic (exact) mass is 272 g/mol. The fraction of sp³-hybridized carbons (Fsp3) is 0.364. The molecule has 0 saturated heterocycles. The molecular formula is C11H16N2O4S. The van der Waals surface area contributed by atoms with E-state index in [9.17, 15) is 13.2 Å². The van der Waals surface area contributed by atoms with Gasteiger partial charge in [-0.3, -0.25) is 9.10 Å². The van der Waals surface area contributed by atoms with E-state index in [1.165, 1.54) is 7.05 Å². The third kappa shape index (κ3) is 3.21. The van der Waals surface area contributed by atoms with Crippen LogP contribution in [0.4, 0.5) is 5.69 Å². The van der Waals surface area contributed by atoms with Crippen LogP contribution in [0.1, 0.15) is 11.5 Å². The Morgan fingerprint density at radius 3 is 2.22 bits per heavy atom. The van der Waals surface area contributed by atoms with Gasteiger partial charge in [0.2, 0.25) is 10.0 Å². The van der Waals surface area contributed by atoms with Crippen molar-refractivity contribution < 1.29 is 18.3 Å². The van der Waals surface area contributed by atoms with E-state index in [-0.39, 0.29) is 6.54 Å². The third-order valence-electron chi connectivity index (χ3n) is 2.69. The van der Waals surface area contributed by atoms with Crippen LogP contribution in [-0.2, 0) is 14.8 Å². The second kappa shape index (κ2) is 5.36. The van der Waals surface area contributed by atoms with Gasteiger partial charge in [0.15, 0.2) is 0 Å². The van der Waals surface area contributed by atoms with E-state index in [0.717, 1.165) is 10.6 Å². The highest BCUT2D eigenvalue weighted by molar-refractivity contribution is 7.92. The summed E-state index contributed by atoms with van der Waals surface area (Å²) in [6.07, 6.45) is 1.10. The Hall–Kier alpha value is -1.60. The predicted molar refractivity (Wildman–Crippen MR) is 69.1 cm³/mol. The van der Waals surface area contributed by atoms with Crippen LogP contribution in [0.25, 0.3) is 0 Å². The lowest BCUT2D eigenvalue weighted by atomic mass is 9.99. The average molecular weight is 272 g/mol. The molecule has 1 rings (SSSR count). The van der Waals surface area contributed by atoms with E-state index >= 15 is 0 Å². The molecular weight excluding hydrogens is 256 g/mol. The molecule has 0 aliphatic carbocycles. The summed E-state index contributed by atoms with van der Waals surface area (Å²) in [6, 6.07) is 6.26. The summed E-state index contributed by atoms with van der Waals surface area (Å²) < 4.78 is 23.8. The predicted octanol–water partition coefficient (Wildman–Crippen LogP) is 0.209.